The predicted molar refractivity (Wildman–Crippen MR) is 52.6 cm³/mol. The van der Waals surface area contributed by atoms with Crippen LogP contribution in [-0.2, 0) is 4.79 Å². The smallest absolute Gasteiger partial charge is 0.237 e. The Labute approximate surface area is 79.7 Å². The maximum Gasteiger partial charge on any atom is 0.237 e. The molecule has 0 bridgehead atoms. The van der Waals surface area contributed by atoms with Gasteiger partial charge >= 0.3 is 0 Å². The summed E-state index contributed by atoms with van der Waals surface area (Å²) in [4.78, 5) is 13.7. The molecule has 1 unspecified atom stereocenters. The van der Waals surface area contributed by atoms with Crippen LogP contribution in [0, 0.1) is 0 Å². The second-order valence-corrected chi connectivity index (χ2v) is 3.33. The molecule has 4 nitrogen and oxygen atoms in total. The zero-order valence-electron chi connectivity index (χ0n) is 8.47. The maximum atomic E-state index is 11.5. The van der Waals surface area contributed by atoms with Crippen molar-refractivity contribution in [2.75, 3.05) is 33.2 Å². The SMILES string of the molecule is CCN1CCNC(=O)C1CCNC. The number of nitrogens with one attached hydrogen (secondary N) is 2. The molecule has 0 radical (unpaired) electrons. The number of hydrogen-bond acceptors (Lipinski definition) is 3. The Kier molecular flexibility index (Phi) is 4.18. The second kappa shape index (κ2) is 5.19. The van der Waals surface area contributed by atoms with Crippen LogP contribution in [0.25, 0.3) is 0 Å². The maximum absolute atomic E-state index is 11.5. The van der Waals surface area contributed by atoms with E-state index < -0.39 is 0 Å². The monoisotopic (exact) mass is 185 g/mol. The third-order valence-electron chi connectivity index (χ3n) is 2.52. The number of carbonyl (C=O) groups is 1. The number of hydrogen-bond donors (Lipinski definition) is 2. The lowest BCUT2D eigenvalue weighted by Gasteiger charge is -2.34. The van der Waals surface area contributed by atoms with Gasteiger partial charge in [-0.15, -0.1) is 0 Å². The van der Waals surface area contributed by atoms with Crippen molar-refractivity contribution in [3.05, 3.63) is 0 Å². The summed E-state index contributed by atoms with van der Waals surface area (Å²) in [5, 5.41) is 5.97. The quantitative estimate of drug-likeness (QED) is 0.615. The van der Waals surface area contributed by atoms with Gasteiger partial charge in [-0.1, -0.05) is 6.92 Å². The molecule has 2 N–H and O–H groups in total. The zero-order valence-corrected chi connectivity index (χ0v) is 8.47. The second-order valence-electron chi connectivity index (χ2n) is 3.33. The van der Waals surface area contributed by atoms with Crippen LogP contribution in [0.1, 0.15) is 13.3 Å². The highest BCUT2D eigenvalue weighted by atomic mass is 16.2. The van der Waals surface area contributed by atoms with Crippen molar-refractivity contribution in [3.8, 4) is 0 Å². The third-order valence-corrected chi connectivity index (χ3v) is 2.52. The summed E-state index contributed by atoms with van der Waals surface area (Å²) in [6.07, 6.45) is 0.899. The molecule has 0 saturated carbocycles. The van der Waals surface area contributed by atoms with E-state index in [1.165, 1.54) is 0 Å². The van der Waals surface area contributed by atoms with Crippen molar-refractivity contribution in [3.63, 3.8) is 0 Å². The van der Waals surface area contributed by atoms with Crippen LogP contribution in [0.5, 0.6) is 0 Å². The number of rotatable bonds is 4. The van der Waals surface area contributed by atoms with Crippen molar-refractivity contribution < 1.29 is 4.79 Å². The van der Waals surface area contributed by atoms with E-state index in [4.69, 9.17) is 0 Å². The lowest BCUT2D eigenvalue weighted by molar-refractivity contribution is -0.129. The Balaban J connectivity index is 2.46. The Morgan fingerprint density at radius 3 is 3.08 bits per heavy atom. The van der Waals surface area contributed by atoms with Gasteiger partial charge in [-0.2, -0.15) is 0 Å². The van der Waals surface area contributed by atoms with Crippen LogP contribution in [0.3, 0.4) is 0 Å². The molecule has 0 aromatic heterocycles. The molecular weight excluding hydrogens is 166 g/mol. The number of piperazine rings is 1. The van der Waals surface area contributed by atoms with Gasteiger partial charge in [0.25, 0.3) is 0 Å². The fourth-order valence-electron chi connectivity index (χ4n) is 1.74. The van der Waals surface area contributed by atoms with Crippen LogP contribution in [0.4, 0.5) is 0 Å². The van der Waals surface area contributed by atoms with Gasteiger partial charge in [0.1, 0.15) is 0 Å². The topological polar surface area (TPSA) is 44.4 Å². The van der Waals surface area contributed by atoms with Gasteiger partial charge in [-0.25, -0.2) is 0 Å². The summed E-state index contributed by atoms with van der Waals surface area (Å²) >= 11 is 0. The van der Waals surface area contributed by atoms with Crippen molar-refractivity contribution in [2.24, 2.45) is 0 Å². The molecular formula is C9H19N3O. The van der Waals surface area contributed by atoms with E-state index in [9.17, 15) is 4.79 Å². The molecule has 1 rings (SSSR count). The molecule has 1 aliphatic rings. The number of likely N-dealkylation sites (N-methyl/N-ethyl adjacent to an activating group) is 1. The standard InChI is InChI=1S/C9H19N3O/c1-3-12-7-6-11-9(13)8(12)4-5-10-2/h8,10H,3-7H2,1-2H3,(H,11,13). The molecule has 1 aliphatic heterocycles. The summed E-state index contributed by atoms with van der Waals surface area (Å²) in [7, 11) is 1.91. The van der Waals surface area contributed by atoms with Crippen molar-refractivity contribution in [1.82, 2.24) is 15.5 Å². The summed E-state index contributed by atoms with van der Waals surface area (Å²) in [5.41, 5.74) is 0. The lowest BCUT2D eigenvalue weighted by atomic mass is 10.1. The summed E-state index contributed by atoms with van der Waals surface area (Å²) in [6.45, 7) is 5.74. The van der Waals surface area contributed by atoms with Crippen LogP contribution in [0.15, 0.2) is 0 Å². The van der Waals surface area contributed by atoms with Crippen LogP contribution < -0.4 is 10.6 Å². The summed E-state index contributed by atoms with van der Waals surface area (Å²) in [5.74, 6) is 0.184. The molecule has 1 saturated heterocycles. The lowest BCUT2D eigenvalue weighted by Crippen LogP contribution is -2.55. The molecule has 0 aliphatic carbocycles. The largest absolute Gasteiger partial charge is 0.353 e. The van der Waals surface area contributed by atoms with E-state index in [0.717, 1.165) is 32.6 Å². The first-order valence-electron chi connectivity index (χ1n) is 4.96. The molecule has 0 aromatic carbocycles. The minimum atomic E-state index is 0.0752. The van der Waals surface area contributed by atoms with E-state index in [2.05, 4.69) is 22.5 Å². The van der Waals surface area contributed by atoms with E-state index in [-0.39, 0.29) is 11.9 Å². The fraction of sp³-hybridized carbons (Fsp3) is 0.889. The first-order chi connectivity index (χ1) is 6.29. The number of nitrogens with zero attached hydrogens (tertiary/aromatic N) is 1. The average molecular weight is 185 g/mol. The van der Waals surface area contributed by atoms with E-state index in [1.807, 2.05) is 7.05 Å². The van der Waals surface area contributed by atoms with Gasteiger partial charge in [0.2, 0.25) is 5.91 Å². The molecule has 4 heteroatoms. The predicted octanol–water partition coefficient (Wildman–Crippen LogP) is -0.584. The molecule has 0 aromatic rings. The van der Waals surface area contributed by atoms with Crippen molar-refractivity contribution in [1.29, 1.82) is 0 Å². The van der Waals surface area contributed by atoms with Gasteiger partial charge < -0.3 is 10.6 Å². The Morgan fingerprint density at radius 2 is 2.46 bits per heavy atom. The first kappa shape index (κ1) is 10.5. The Hall–Kier alpha value is -0.610. The van der Waals surface area contributed by atoms with Gasteiger partial charge in [-0.05, 0) is 26.6 Å². The highest BCUT2D eigenvalue weighted by Crippen LogP contribution is 2.07. The Bertz CT molecular complexity index is 172. The average Bonchev–Trinajstić information content (AvgIpc) is 2.15. The zero-order chi connectivity index (χ0) is 9.68. The van der Waals surface area contributed by atoms with E-state index >= 15 is 0 Å². The van der Waals surface area contributed by atoms with Gasteiger partial charge in [0, 0.05) is 13.1 Å². The van der Waals surface area contributed by atoms with Gasteiger partial charge in [-0.3, -0.25) is 9.69 Å². The normalized spacial score (nSPS) is 24.5. The first-order valence-corrected chi connectivity index (χ1v) is 4.96. The third kappa shape index (κ3) is 2.67. The highest BCUT2D eigenvalue weighted by molar-refractivity contribution is 5.82. The van der Waals surface area contributed by atoms with E-state index in [0.29, 0.717) is 0 Å². The number of carbonyl (C=O) groups excluding carboxylic acids is 1. The molecule has 76 valence electrons. The molecule has 13 heavy (non-hydrogen) atoms. The molecule has 1 heterocycles. The number of amides is 1. The fourth-order valence-corrected chi connectivity index (χ4v) is 1.74. The summed E-state index contributed by atoms with van der Waals surface area (Å²) in [6, 6.07) is 0.0752. The van der Waals surface area contributed by atoms with Gasteiger partial charge in [0.15, 0.2) is 0 Å². The summed E-state index contributed by atoms with van der Waals surface area (Å²) < 4.78 is 0. The highest BCUT2D eigenvalue weighted by Gasteiger charge is 2.27. The van der Waals surface area contributed by atoms with Crippen LogP contribution in [0.2, 0.25) is 0 Å². The minimum absolute atomic E-state index is 0.0752. The minimum Gasteiger partial charge on any atom is -0.353 e. The van der Waals surface area contributed by atoms with Crippen LogP contribution in [-0.4, -0.2) is 50.1 Å². The Morgan fingerprint density at radius 1 is 1.69 bits per heavy atom. The van der Waals surface area contributed by atoms with Gasteiger partial charge in [0.05, 0.1) is 6.04 Å². The molecule has 1 fully saturated rings. The van der Waals surface area contributed by atoms with Crippen molar-refractivity contribution in [2.45, 2.75) is 19.4 Å². The van der Waals surface area contributed by atoms with E-state index in [1.54, 1.807) is 0 Å². The molecule has 1 amide bonds. The van der Waals surface area contributed by atoms with Crippen molar-refractivity contribution >= 4 is 5.91 Å². The van der Waals surface area contributed by atoms with Crippen LogP contribution >= 0.6 is 0 Å². The molecule has 1 atom stereocenters. The molecule has 0 spiro atoms.